The second kappa shape index (κ2) is 5.76. The maximum Gasteiger partial charge on any atom is 0.137 e. The smallest absolute Gasteiger partial charge is 0.137 e. The molecule has 0 fully saturated rings. The van der Waals surface area contributed by atoms with Gasteiger partial charge >= 0.3 is 0 Å². The van der Waals surface area contributed by atoms with Crippen molar-refractivity contribution in [1.82, 2.24) is 0 Å². The van der Waals surface area contributed by atoms with E-state index < -0.39 is 6.10 Å². The van der Waals surface area contributed by atoms with Crippen molar-refractivity contribution in [3.63, 3.8) is 0 Å². The molecule has 3 heteroatoms. The van der Waals surface area contributed by atoms with E-state index in [1.807, 2.05) is 26.0 Å². The summed E-state index contributed by atoms with van der Waals surface area (Å²) < 4.78 is 14.0. The van der Waals surface area contributed by atoms with Crippen LogP contribution in [0.4, 0.5) is 4.39 Å². The standard InChI is InChI=1S/C16H17FOS/c1-10-7-8-15(11(2)9-10)19-16-13(12(3)18)5-4-6-14(16)17/h4-9,12,18H,1-3H3. The molecule has 0 saturated heterocycles. The Morgan fingerprint density at radius 1 is 1.16 bits per heavy atom. The molecule has 2 rings (SSSR count). The number of rotatable bonds is 3. The van der Waals surface area contributed by atoms with E-state index in [-0.39, 0.29) is 5.82 Å². The third-order valence-electron chi connectivity index (χ3n) is 2.99. The van der Waals surface area contributed by atoms with Crippen molar-refractivity contribution in [3.05, 3.63) is 58.9 Å². The molecule has 2 aromatic rings. The lowest BCUT2D eigenvalue weighted by Crippen LogP contribution is -1.97. The van der Waals surface area contributed by atoms with Crippen molar-refractivity contribution in [2.24, 2.45) is 0 Å². The summed E-state index contributed by atoms with van der Waals surface area (Å²) in [4.78, 5) is 1.52. The zero-order chi connectivity index (χ0) is 14.0. The van der Waals surface area contributed by atoms with Crippen LogP contribution in [0, 0.1) is 19.7 Å². The van der Waals surface area contributed by atoms with Gasteiger partial charge in [0.1, 0.15) is 5.82 Å². The molecular formula is C16H17FOS. The van der Waals surface area contributed by atoms with E-state index in [9.17, 15) is 9.50 Å². The Labute approximate surface area is 117 Å². The van der Waals surface area contributed by atoms with Crippen LogP contribution in [0.2, 0.25) is 0 Å². The number of benzene rings is 2. The predicted octanol–water partition coefficient (Wildman–Crippen LogP) is 4.65. The van der Waals surface area contributed by atoms with Crippen LogP contribution in [0.25, 0.3) is 0 Å². The summed E-state index contributed by atoms with van der Waals surface area (Å²) in [6, 6.07) is 10.9. The molecule has 2 aromatic carbocycles. The Morgan fingerprint density at radius 2 is 1.89 bits per heavy atom. The molecule has 0 aliphatic heterocycles. The quantitative estimate of drug-likeness (QED) is 0.880. The normalized spacial score (nSPS) is 12.5. The van der Waals surface area contributed by atoms with E-state index in [1.54, 1.807) is 19.1 Å². The first-order valence-electron chi connectivity index (χ1n) is 6.20. The first-order valence-corrected chi connectivity index (χ1v) is 7.02. The molecule has 1 unspecified atom stereocenters. The Bertz CT molecular complexity index is 593. The molecule has 0 heterocycles. The summed E-state index contributed by atoms with van der Waals surface area (Å²) >= 11 is 1.37. The maximum atomic E-state index is 14.0. The van der Waals surface area contributed by atoms with Crippen LogP contribution in [-0.2, 0) is 0 Å². The molecule has 0 bridgehead atoms. The van der Waals surface area contributed by atoms with Crippen LogP contribution in [0.1, 0.15) is 29.7 Å². The lowest BCUT2D eigenvalue weighted by Gasteiger charge is -2.13. The maximum absolute atomic E-state index is 14.0. The monoisotopic (exact) mass is 276 g/mol. The molecule has 0 radical (unpaired) electrons. The number of aliphatic hydroxyl groups is 1. The summed E-state index contributed by atoms with van der Waals surface area (Å²) in [5.41, 5.74) is 2.93. The summed E-state index contributed by atoms with van der Waals surface area (Å²) in [5, 5.41) is 9.74. The van der Waals surface area contributed by atoms with E-state index in [0.717, 1.165) is 10.5 Å². The molecule has 1 nitrogen and oxygen atoms in total. The first kappa shape index (κ1) is 14.1. The van der Waals surface area contributed by atoms with Gasteiger partial charge in [0.05, 0.1) is 11.0 Å². The van der Waals surface area contributed by atoms with Gasteiger partial charge in [-0.1, -0.05) is 41.6 Å². The number of aliphatic hydroxyl groups excluding tert-OH is 1. The van der Waals surface area contributed by atoms with Crippen LogP contribution in [0.3, 0.4) is 0 Å². The third-order valence-corrected chi connectivity index (χ3v) is 4.30. The minimum Gasteiger partial charge on any atom is -0.389 e. The summed E-state index contributed by atoms with van der Waals surface area (Å²) in [6.07, 6.45) is -0.677. The molecule has 0 aromatic heterocycles. The minimum absolute atomic E-state index is 0.289. The summed E-state index contributed by atoms with van der Waals surface area (Å²) in [6.45, 7) is 5.70. The van der Waals surface area contributed by atoms with Gasteiger partial charge in [-0.15, -0.1) is 0 Å². The third kappa shape index (κ3) is 3.17. The van der Waals surface area contributed by atoms with Crippen LogP contribution < -0.4 is 0 Å². The Morgan fingerprint density at radius 3 is 2.53 bits per heavy atom. The molecule has 0 aliphatic carbocycles. The molecular weight excluding hydrogens is 259 g/mol. The SMILES string of the molecule is Cc1ccc(Sc2c(F)cccc2C(C)O)c(C)c1. The highest BCUT2D eigenvalue weighted by Crippen LogP contribution is 2.37. The predicted molar refractivity (Wildman–Crippen MR) is 77.1 cm³/mol. The van der Waals surface area contributed by atoms with Crippen molar-refractivity contribution in [2.75, 3.05) is 0 Å². The molecule has 0 spiro atoms. The number of hydrogen-bond acceptors (Lipinski definition) is 2. The molecule has 19 heavy (non-hydrogen) atoms. The van der Waals surface area contributed by atoms with E-state index >= 15 is 0 Å². The van der Waals surface area contributed by atoms with Crippen LogP contribution in [-0.4, -0.2) is 5.11 Å². The number of aryl methyl sites for hydroxylation is 2. The van der Waals surface area contributed by atoms with Gasteiger partial charge in [0.2, 0.25) is 0 Å². The van der Waals surface area contributed by atoms with Crippen LogP contribution in [0.15, 0.2) is 46.2 Å². The van der Waals surface area contributed by atoms with E-state index in [4.69, 9.17) is 0 Å². The summed E-state index contributed by atoms with van der Waals surface area (Å²) in [5.74, 6) is -0.289. The second-order valence-corrected chi connectivity index (χ2v) is 5.76. The molecule has 1 atom stereocenters. The van der Waals surface area contributed by atoms with Gasteiger partial charge < -0.3 is 5.11 Å². The zero-order valence-electron chi connectivity index (χ0n) is 11.3. The van der Waals surface area contributed by atoms with Crippen molar-refractivity contribution in [2.45, 2.75) is 36.7 Å². The van der Waals surface area contributed by atoms with Crippen LogP contribution in [0.5, 0.6) is 0 Å². The van der Waals surface area contributed by atoms with E-state index in [2.05, 4.69) is 6.07 Å². The van der Waals surface area contributed by atoms with Gasteiger partial charge in [0, 0.05) is 4.90 Å². The zero-order valence-corrected chi connectivity index (χ0v) is 12.1. The van der Waals surface area contributed by atoms with Crippen LogP contribution >= 0.6 is 11.8 Å². The van der Waals surface area contributed by atoms with Gasteiger partial charge in [-0.3, -0.25) is 0 Å². The lowest BCUT2D eigenvalue weighted by atomic mass is 10.1. The van der Waals surface area contributed by atoms with Crippen molar-refractivity contribution < 1.29 is 9.50 Å². The number of halogens is 1. The highest BCUT2D eigenvalue weighted by molar-refractivity contribution is 7.99. The first-order chi connectivity index (χ1) is 8.99. The van der Waals surface area contributed by atoms with Gasteiger partial charge in [0.15, 0.2) is 0 Å². The second-order valence-electron chi connectivity index (χ2n) is 4.71. The molecule has 0 amide bonds. The molecule has 1 N–H and O–H groups in total. The Hall–Kier alpha value is -1.32. The highest BCUT2D eigenvalue weighted by Gasteiger charge is 2.14. The molecule has 100 valence electrons. The van der Waals surface area contributed by atoms with Crippen molar-refractivity contribution in [1.29, 1.82) is 0 Å². The Balaban J connectivity index is 2.43. The van der Waals surface area contributed by atoms with Gasteiger partial charge in [-0.2, -0.15) is 0 Å². The van der Waals surface area contributed by atoms with Gasteiger partial charge in [-0.05, 0) is 44.0 Å². The van der Waals surface area contributed by atoms with Gasteiger partial charge in [-0.25, -0.2) is 4.39 Å². The lowest BCUT2D eigenvalue weighted by molar-refractivity contribution is 0.195. The van der Waals surface area contributed by atoms with E-state index in [1.165, 1.54) is 23.4 Å². The van der Waals surface area contributed by atoms with Crippen molar-refractivity contribution >= 4 is 11.8 Å². The summed E-state index contributed by atoms with van der Waals surface area (Å²) in [7, 11) is 0. The largest absolute Gasteiger partial charge is 0.389 e. The number of hydrogen-bond donors (Lipinski definition) is 1. The fourth-order valence-corrected chi connectivity index (χ4v) is 3.08. The highest BCUT2D eigenvalue weighted by atomic mass is 32.2. The molecule has 0 saturated carbocycles. The Kier molecular flexibility index (Phi) is 4.27. The average Bonchev–Trinajstić information content (AvgIpc) is 2.34. The average molecular weight is 276 g/mol. The fourth-order valence-electron chi connectivity index (χ4n) is 1.99. The topological polar surface area (TPSA) is 20.2 Å². The van der Waals surface area contributed by atoms with E-state index in [0.29, 0.717) is 10.5 Å². The fraction of sp³-hybridized carbons (Fsp3) is 0.250. The molecule has 0 aliphatic rings. The minimum atomic E-state index is -0.677. The van der Waals surface area contributed by atoms with Crippen molar-refractivity contribution in [3.8, 4) is 0 Å². The van der Waals surface area contributed by atoms with Gasteiger partial charge in [0.25, 0.3) is 0 Å².